The lowest BCUT2D eigenvalue weighted by molar-refractivity contribution is 0.0689. The van der Waals surface area contributed by atoms with E-state index in [0.717, 1.165) is 31.7 Å². The molecular formula is C16H23N3S. The molecule has 1 unspecified atom stereocenters. The van der Waals surface area contributed by atoms with Crippen LogP contribution in [-0.2, 0) is 6.54 Å². The van der Waals surface area contributed by atoms with E-state index in [9.17, 15) is 0 Å². The molecule has 0 radical (unpaired) electrons. The number of benzene rings is 1. The maximum Gasteiger partial charge on any atom is 0.108 e. The molecule has 0 aliphatic carbocycles. The van der Waals surface area contributed by atoms with E-state index in [2.05, 4.69) is 55.3 Å². The molecule has 1 fully saturated rings. The first-order valence-corrected chi connectivity index (χ1v) is 8.15. The number of para-hydroxylation sites is 1. The van der Waals surface area contributed by atoms with Crippen molar-refractivity contribution in [2.75, 3.05) is 19.6 Å². The number of aromatic nitrogens is 1. The molecule has 3 rings (SSSR count). The maximum absolute atomic E-state index is 4.78. The van der Waals surface area contributed by atoms with Gasteiger partial charge >= 0.3 is 0 Å². The normalized spacial score (nSPS) is 21.4. The summed E-state index contributed by atoms with van der Waals surface area (Å²) in [6.45, 7) is 11.2. The highest BCUT2D eigenvalue weighted by Gasteiger charge is 2.32. The van der Waals surface area contributed by atoms with Crippen LogP contribution in [0, 0.1) is 5.41 Å². The highest BCUT2D eigenvalue weighted by Crippen LogP contribution is 2.29. The molecule has 1 aliphatic heterocycles. The third kappa shape index (κ3) is 2.87. The number of nitrogens with one attached hydrogen (secondary N) is 1. The van der Waals surface area contributed by atoms with Gasteiger partial charge in [-0.3, -0.25) is 4.90 Å². The molecule has 1 atom stereocenters. The fraction of sp³-hybridized carbons (Fsp3) is 0.562. The van der Waals surface area contributed by atoms with Gasteiger partial charge in [-0.15, -0.1) is 11.3 Å². The van der Waals surface area contributed by atoms with Gasteiger partial charge in [0.25, 0.3) is 0 Å². The Kier molecular flexibility index (Phi) is 3.80. The Hall–Kier alpha value is -0.970. The van der Waals surface area contributed by atoms with E-state index in [0.29, 0.717) is 11.5 Å². The number of hydrogen-bond acceptors (Lipinski definition) is 4. The number of fused-ring (bicyclic) bond motifs is 1. The molecule has 1 aliphatic rings. The molecule has 2 heterocycles. The van der Waals surface area contributed by atoms with Crippen LogP contribution in [0.1, 0.15) is 25.8 Å². The molecule has 20 heavy (non-hydrogen) atoms. The molecular weight excluding hydrogens is 266 g/mol. The van der Waals surface area contributed by atoms with Gasteiger partial charge in [-0.25, -0.2) is 4.98 Å². The van der Waals surface area contributed by atoms with Gasteiger partial charge in [0.05, 0.1) is 16.8 Å². The van der Waals surface area contributed by atoms with Gasteiger partial charge in [0, 0.05) is 25.7 Å². The maximum atomic E-state index is 4.78. The topological polar surface area (TPSA) is 28.2 Å². The first-order chi connectivity index (χ1) is 9.54. The summed E-state index contributed by atoms with van der Waals surface area (Å²) in [6, 6.07) is 8.99. The van der Waals surface area contributed by atoms with Gasteiger partial charge in [0.1, 0.15) is 5.01 Å². The quantitative estimate of drug-likeness (QED) is 0.920. The Morgan fingerprint density at radius 3 is 2.90 bits per heavy atom. The Bertz CT molecular complexity index is 552. The van der Waals surface area contributed by atoms with Gasteiger partial charge in [0.2, 0.25) is 0 Å². The molecule has 0 amide bonds. The number of hydrogen-bond donors (Lipinski definition) is 1. The first-order valence-electron chi connectivity index (χ1n) is 7.33. The molecule has 0 spiro atoms. The van der Waals surface area contributed by atoms with Crippen LogP contribution in [0.5, 0.6) is 0 Å². The van der Waals surface area contributed by atoms with Crippen molar-refractivity contribution in [2.45, 2.75) is 33.4 Å². The molecule has 0 saturated carbocycles. The number of piperazine rings is 1. The average Bonchev–Trinajstić information content (AvgIpc) is 2.80. The van der Waals surface area contributed by atoms with Crippen molar-refractivity contribution in [1.82, 2.24) is 15.2 Å². The van der Waals surface area contributed by atoms with E-state index in [-0.39, 0.29) is 0 Å². The van der Waals surface area contributed by atoms with Crippen molar-refractivity contribution >= 4 is 21.6 Å². The zero-order chi connectivity index (χ0) is 14.2. The van der Waals surface area contributed by atoms with Crippen LogP contribution in [0.15, 0.2) is 24.3 Å². The van der Waals surface area contributed by atoms with Crippen LogP contribution in [0.2, 0.25) is 0 Å². The van der Waals surface area contributed by atoms with E-state index in [1.54, 1.807) is 0 Å². The van der Waals surface area contributed by atoms with Crippen LogP contribution >= 0.6 is 11.3 Å². The second-order valence-electron chi connectivity index (χ2n) is 6.63. The summed E-state index contributed by atoms with van der Waals surface area (Å²) in [5, 5.41) is 4.76. The second kappa shape index (κ2) is 5.43. The van der Waals surface area contributed by atoms with E-state index in [1.165, 1.54) is 9.71 Å². The first kappa shape index (κ1) is 14.0. The van der Waals surface area contributed by atoms with Gasteiger partial charge in [-0.1, -0.05) is 32.9 Å². The summed E-state index contributed by atoms with van der Waals surface area (Å²) in [5.74, 6) is 0. The minimum atomic E-state index is 0.296. The van der Waals surface area contributed by atoms with Crippen molar-refractivity contribution in [3.8, 4) is 0 Å². The molecule has 1 N–H and O–H groups in total. The van der Waals surface area contributed by atoms with Gasteiger partial charge in [-0.2, -0.15) is 0 Å². The smallest absolute Gasteiger partial charge is 0.108 e. The van der Waals surface area contributed by atoms with Crippen molar-refractivity contribution in [3.05, 3.63) is 29.3 Å². The molecule has 1 saturated heterocycles. The van der Waals surface area contributed by atoms with Crippen LogP contribution in [-0.4, -0.2) is 35.6 Å². The van der Waals surface area contributed by atoms with E-state index in [4.69, 9.17) is 4.98 Å². The Morgan fingerprint density at radius 1 is 1.35 bits per heavy atom. The SMILES string of the molecule is CC(C)(C)C1CNCCN1Cc1nc2ccccc2s1. The summed E-state index contributed by atoms with van der Waals surface area (Å²) >= 11 is 1.83. The fourth-order valence-electron chi connectivity index (χ4n) is 2.95. The fourth-order valence-corrected chi connectivity index (χ4v) is 3.94. The van der Waals surface area contributed by atoms with Crippen molar-refractivity contribution in [3.63, 3.8) is 0 Å². The van der Waals surface area contributed by atoms with E-state index < -0.39 is 0 Å². The molecule has 1 aromatic heterocycles. The van der Waals surface area contributed by atoms with E-state index >= 15 is 0 Å². The zero-order valence-corrected chi connectivity index (χ0v) is 13.3. The lowest BCUT2D eigenvalue weighted by Gasteiger charge is -2.43. The Labute approximate surface area is 125 Å². The lowest BCUT2D eigenvalue weighted by atomic mass is 9.84. The van der Waals surface area contributed by atoms with Gasteiger partial charge in [-0.05, 0) is 17.5 Å². The molecule has 0 bridgehead atoms. The minimum Gasteiger partial charge on any atom is -0.314 e. The predicted octanol–water partition coefficient (Wildman–Crippen LogP) is 3.12. The molecule has 4 heteroatoms. The van der Waals surface area contributed by atoms with Crippen LogP contribution in [0.25, 0.3) is 10.2 Å². The number of thiazole rings is 1. The summed E-state index contributed by atoms with van der Waals surface area (Å²) in [4.78, 5) is 7.37. The van der Waals surface area contributed by atoms with Crippen molar-refractivity contribution in [2.24, 2.45) is 5.41 Å². The average molecular weight is 289 g/mol. The third-order valence-corrected chi connectivity index (χ3v) is 5.05. The summed E-state index contributed by atoms with van der Waals surface area (Å²) in [7, 11) is 0. The largest absolute Gasteiger partial charge is 0.314 e. The van der Waals surface area contributed by atoms with Gasteiger partial charge in [0.15, 0.2) is 0 Å². The van der Waals surface area contributed by atoms with E-state index in [1.807, 2.05) is 11.3 Å². The Morgan fingerprint density at radius 2 is 2.15 bits per heavy atom. The van der Waals surface area contributed by atoms with Crippen molar-refractivity contribution < 1.29 is 0 Å². The molecule has 3 nitrogen and oxygen atoms in total. The molecule has 2 aromatic rings. The lowest BCUT2D eigenvalue weighted by Crippen LogP contribution is -2.56. The van der Waals surface area contributed by atoms with Crippen molar-refractivity contribution in [1.29, 1.82) is 0 Å². The molecule has 108 valence electrons. The number of nitrogens with zero attached hydrogens (tertiary/aromatic N) is 2. The standard InChI is InChI=1S/C16H23N3S/c1-16(2,3)14-10-17-8-9-19(14)11-15-18-12-6-4-5-7-13(12)20-15/h4-7,14,17H,8-11H2,1-3H3. The van der Waals surface area contributed by atoms with Crippen LogP contribution in [0.4, 0.5) is 0 Å². The summed E-state index contributed by atoms with van der Waals surface area (Å²) < 4.78 is 1.30. The summed E-state index contributed by atoms with van der Waals surface area (Å²) in [5.41, 5.74) is 1.43. The summed E-state index contributed by atoms with van der Waals surface area (Å²) in [6.07, 6.45) is 0. The minimum absolute atomic E-state index is 0.296. The highest BCUT2D eigenvalue weighted by molar-refractivity contribution is 7.18. The molecule has 1 aromatic carbocycles. The Balaban J connectivity index is 1.81. The second-order valence-corrected chi connectivity index (χ2v) is 7.75. The van der Waals surface area contributed by atoms with Gasteiger partial charge < -0.3 is 5.32 Å². The highest BCUT2D eigenvalue weighted by atomic mass is 32.1. The third-order valence-electron chi connectivity index (χ3n) is 4.03. The zero-order valence-electron chi connectivity index (χ0n) is 12.5. The number of rotatable bonds is 2. The van der Waals surface area contributed by atoms with Crippen LogP contribution < -0.4 is 5.32 Å². The monoisotopic (exact) mass is 289 g/mol. The predicted molar refractivity (Wildman–Crippen MR) is 86.1 cm³/mol. The van der Waals surface area contributed by atoms with Crippen LogP contribution in [0.3, 0.4) is 0 Å².